The molecule has 1 amide bonds. The fourth-order valence-corrected chi connectivity index (χ4v) is 6.31. The summed E-state index contributed by atoms with van der Waals surface area (Å²) >= 11 is 1.56. The molecule has 1 atom stereocenters. The summed E-state index contributed by atoms with van der Waals surface area (Å²) in [5, 5.41) is 13.3. The summed E-state index contributed by atoms with van der Waals surface area (Å²) in [4.78, 5) is 19.4. The number of anilines is 3. The molecule has 192 valence electrons. The maximum atomic E-state index is 13.3. The summed E-state index contributed by atoms with van der Waals surface area (Å²) in [5.74, 6) is -0.497. The summed E-state index contributed by atoms with van der Waals surface area (Å²) in [6.45, 7) is 3.93. The highest BCUT2D eigenvalue weighted by molar-refractivity contribution is 7.92. The van der Waals surface area contributed by atoms with E-state index in [9.17, 15) is 17.4 Å². The van der Waals surface area contributed by atoms with Crippen molar-refractivity contribution in [1.29, 1.82) is 4.78 Å². The minimum Gasteiger partial charge on any atom is -0.345 e. The number of aryl methyl sites for hydroxylation is 1. The summed E-state index contributed by atoms with van der Waals surface area (Å²) in [7, 11) is -5.58. The molecule has 1 aromatic carbocycles. The number of hydrogen-bond acceptors (Lipinski definition) is 10. The van der Waals surface area contributed by atoms with Gasteiger partial charge in [-0.15, -0.1) is 21.5 Å². The molecular formula is C21H26N8O4S3. The maximum Gasteiger partial charge on any atom is 0.259 e. The fourth-order valence-electron chi connectivity index (χ4n) is 3.59. The van der Waals surface area contributed by atoms with Gasteiger partial charge in [-0.25, -0.2) is 26.7 Å². The lowest BCUT2D eigenvalue weighted by atomic mass is 10.1. The molecule has 2 N–H and O–H groups in total. The van der Waals surface area contributed by atoms with Gasteiger partial charge in [-0.3, -0.25) is 9.10 Å². The zero-order valence-electron chi connectivity index (χ0n) is 19.9. The van der Waals surface area contributed by atoms with Crippen molar-refractivity contribution in [2.75, 3.05) is 54.0 Å². The minimum absolute atomic E-state index is 0.00347. The highest BCUT2D eigenvalue weighted by Gasteiger charge is 2.28. The zero-order chi connectivity index (χ0) is 26.1. The Hall–Kier alpha value is -3.14. The normalized spacial score (nSPS) is 16.4. The molecule has 1 unspecified atom stereocenters. The topological polar surface area (TPSA) is 153 Å². The monoisotopic (exact) mass is 550 g/mol. The van der Waals surface area contributed by atoms with Gasteiger partial charge in [0.1, 0.15) is 0 Å². The first-order valence-corrected chi connectivity index (χ1v) is 15.1. The smallest absolute Gasteiger partial charge is 0.259 e. The van der Waals surface area contributed by atoms with Crippen LogP contribution in [0.2, 0.25) is 0 Å². The van der Waals surface area contributed by atoms with E-state index in [0.717, 1.165) is 21.4 Å². The zero-order valence-corrected chi connectivity index (χ0v) is 22.4. The van der Waals surface area contributed by atoms with Gasteiger partial charge in [0.2, 0.25) is 10.0 Å². The van der Waals surface area contributed by atoms with Crippen LogP contribution in [0.4, 0.5) is 16.6 Å². The van der Waals surface area contributed by atoms with E-state index < -0.39 is 25.8 Å². The van der Waals surface area contributed by atoms with Crippen molar-refractivity contribution in [3.05, 3.63) is 53.0 Å². The van der Waals surface area contributed by atoms with Gasteiger partial charge in [-0.05, 0) is 31.2 Å². The molecule has 0 bridgehead atoms. The molecule has 3 aromatic rings. The lowest BCUT2D eigenvalue weighted by molar-refractivity contribution is 0.102. The quantitative estimate of drug-likeness (QED) is 0.453. The van der Waals surface area contributed by atoms with Crippen molar-refractivity contribution >= 4 is 53.8 Å². The lowest BCUT2D eigenvalue weighted by Gasteiger charge is -2.34. The van der Waals surface area contributed by atoms with Gasteiger partial charge in [0.25, 0.3) is 5.91 Å². The average Bonchev–Trinajstić information content (AvgIpc) is 3.29. The van der Waals surface area contributed by atoms with Crippen LogP contribution in [0.25, 0.3) is 0 Å². The number of para-hydroxylation sites is 1. The Bertz CT molecular complexity index is 1460. The van der Waals surface area contributed by atoms with Gasteiger partial charge < -0.3 is 10.2 Å². The van der Waals surface area contributed by atoms with Crippen LogP contribution >= 0.6 is 11.3 Å². The molecule has 0 spiro atoms. The third kappa shape index (κ3) is 5.48. The van der Waals surface area contributed by atoms with E-state index >= 15 is 0 Å². The van der Waals surface area contributed by atoms with Gasteiger partial charge in [0, 0.05) is 38.6 Å². The number of carbonyl (C=O) groups excluding carboxylic acids is 1. The number of hydrogen-bond donors (Lipinski definition) is 2. The molecule has 15 heteroatoms. The van der Waals surface area contributed by atoms with Gasteiger partial charge in [-0.2, -0.15) is 0 Å². The Morgan fingerprint density at radius 3 is 2.36 bits per heavy atom. The lowest BCUT2D eigenvalue weighted by Crippen LogP contribution is -2.48. The number of sulfonamides is 1. The molecule has 0 saturated carbocycles. The first kappa shape index (κ1) is 25.9. The highest BCUT2D eigenvalue weighted by atomic mass is 32.2. The SMILES string of the molecule is Cc1csc(N2CCN(S(=N)(=O)c3ccc(NC(=O)c4ccccc4N(C)S(C)(=O)=O)nn3)CC2)n1. The van der Waals surface area contributed by atoms with Crippen molar-refractivity contribution in [1.82, 2.24) is 19.5 Å². The number of amides is 1. The molecule has 0 aliphatic carbocycles. The van der Waals surface area contributed by atoms with Crippen LogP contribution in [-0.2, 0) is 19.9 Å². The first-order valence-electron chi connectivity index (χ1n) is 10.9. The molecule has 12 nitrogen and oxygen atoms in total. The molecule has 1 saturated heterocycles. The van der Waals surface area contributed by atoms with E-state index in [1.807, 2.05) is 12.3 Å². The van der Waals surface area contributed by atoms with Crippen LogP contribution in [-0.4, -0.2) is 77.5 Å². The van der Waals surface area contributed by atoms with Crippen molar-refractivity contribution in [3.8, 4) is 0 Å². The number of piperazine rings is 1. The number of rotatable bonds is 7. The molecule has 3 heterocycles. The molecule has 0 radical (unpaired) electrons. The Labute approximate surface area is 214 Å². The van der Waals surface area contributed by atoms with Gasteiger partial charge in [0.15, 0.2) is 25.9 Å². The van der Waals surface area contributed by atoms with Gasteiger partial charge in [-0.1, -0.05) is 12.1 Å². The van der Waals surface area contributed by atoms with Crippen molar-refractivity contribution < 1.29 is 17.4 Å². The second kappa shape index (κ2) is 10.1. The standard InChI is InChI=1S/C21H26N8O4S3/c1-15-14-34-21(23-15)28-10-12-29(13-11-28)36(22,33)19-9-8-18(25-26-19)24-20(30)16-6-4-5-7-17(16)27(2)35(3,31)32/h4-9,14,22H,10-13H2,1-3H3,(H,24,25,30). The third-order valence-electron chi connectivity index (χ3n) is 5.63. The summed E-state index contributed by atoms with van der Waals surface area (Å²) in [6, 6.07) is 9.10. The van der Waals surface area contributed by atoms with E-state index in [4.69, 9.17) is 4.78 Å². The van der Waals surface area contributed by atoms with Gasteiger partial charge >= 0.3 is 0 Å². The highest BCUT2D eigenvalue weighted by Crippen LogP contribution is 2.25. The number of aromatic nitrogens is 3. The van der Waals surface area contributed by atoms with E-state index in [1.54, 1.807) is 27.8 Å². The van der Waals surface area contributed by atoms with E-state index in [1.165, 1.54) is 31.3 Å². The maximum absolute atomic E-state index is 13.3. The summed E-state index contributed by atoms with van der Waals surface area (Å²) < 4.78 is 48.2. The number of carbonyl (C=O) groups is 1. The molecule has 1 aliphatic heterocycles. The number of nitrogens with one attached hydrogen (secondary N) is 2. The molecule has 1 aliphatic rings. The second-order valence-electron chi connectivity index (χ2n) is 8.17. The molecule has 4 rings (SSSR count). The third-order valence-corrected chi connectivity index (χ3v) is 9.72. The van der Waals surface area contributed by atoms with Crippen molar-refractivity contribution in [2.24, 2.45) is 0 Å². The van der Waals surface area contributed by atoms with Crippen molar-refractivity contribution in [2.45, 2.75) is 11.9 Å². The van der Waals surface area contributed by atoms with Gasteiger partial charge in [0.05, 0.1) is 23.2 Å². The average molecular weight is 551 g/mol. The molecule has 36 heavy (non-hydrogen) atoms. The summed E-state index contributed by atoms with van der Waals surface area (Å²) in [6.07, 6.45) is 1.05. The molecule has 1 fully saturated rings. The second-order valence-corrected chi connectivity index (χ2v) is 13.0. The Morgan fingerprint density at radius 1 is 1.08 bits per heavy atom. The number of benzene rings is 1. The molecule has 2 aromatic heterocycles. The van der Waals surface area contributed by atoms with E-state index in [-0.39, 0.29) is 22.1 Å². The largest absolute Gasteiger partial charge is 0.345 e. The van der Waals surface area contributed by atoms with Crippen LogP contribution in [0.1, 0.15) is 16.1 Å². The predicted molar refractivity (Wildman–Crippen MR) is 139 cm³/mol. The van der Waals surface area contributed by atoms with Crippen LogP contribution in [0.3, 0.4) is 0 Å². The van der Waals surface area contributed by atoms with E-state index in [0.29, 0.717) is 26.2 Å². The van der Waals surface area contributed by atoms with Crippen LogP contribution in [0, 0.1) is 11.7 Å². The Kier molecular flexibility index (Phi) is 7.26. The Balaban J connectivity index is 1.44. The fraction of sp³-hybridized carbons (Fsp3) is 0.333. The Morgan fingerprint density at radius 2 is 1.78 bits per heavy atom. The minimum atomic E-state index is -3.57. The van der Waals surface area contributed by atoms with Crippen LogP contribution in [0.5, 0.6) is 0 Å². The summed E-state index contributed by atoms with van der Waals surface area (Å²) in [5.41, 5.74) is 1.30. The molecular weight excluding hydrogens is 524 g/mol. The first-order chi connectivity index (χ1) is 17.0. The predicted octanol–water partition coefficient (Wildman–Crippen LogP) is 2.03. The number of nitrogens with zero attached hydrogens (tertiary/aromatic N) is 6. The van der Waals surface area contributed by atoms with Crippen molar-refractivity contribution in [3.63, 3.8) is 0 Å². The van der Waals surface area contributed by atoms with E-state index in [2.05, 4.69) is 25.4 Å². The van der Waals surface area contributed by atoms with Crippen LogP contribution < -0.4 is 14.5 Å². The van der Waals surface area contributed by atoms with Crippen LogP contribution in [0.15, 0.2) is 46.8 Å². The number of thiazole rings is 1.